The van der Waals surface area contributed by atoms with Gasteiger partial charge >= 0.3 is 0 Å². The normalized spacial score (nSPS) is 27.6. The van der Waals surface area contributed by atoms with Crippen LogP contribution in [0, 0.1) is 6.92 Å². The molecule has 0 spiro atoms. The molecule has 5 heteroatoms. The van der Waals surface area contributed by atoms with Gasteiger partial charge in [0.25, 0.3) is 0 Å². The van der Waals surface area contributed by atoms with E-state index in [0.717, 1.165) is 44.5 Å². The van der Waals surface area contributed by atoms with Crippen LogP contribution in [0.1, 0.15) is 36.4 Å². The maximum atomic E-state index is 5.48. The van der Waals surface area contributed by atoms with Crippen molar-refractivity contribution in [1.82, 2.24) is 10.3 Å². The third-order valence-electron chi connectivity index (χ3n) is 3.92. The Morgan fingerprint density at radius 1 is 1.42 bits per heavy atom. The van der Waals surface area contributed by atoms with Crippen LogP contribution in [-0.2, 0) is 15.0 Å². The fourth-order valence-electron chi connectivity index (χ4n) is 2.75. The molecule has 0 unspecified atom stereocenters. The summed E-state index contributed by atoms with van der Waals surface area (Å²) in [4.78, 5) is 4.71. The Balaban J connectivity index is 2.09. The number of thiazole rings is 1. The number of hydrogen-bond acceptors (Lipinski definition) is 5. The first-order valence-electron chi connectivity index (χ1n) is 6.89. The Bertz CT molecular complexity index is 381. The van der Waals surface area contributed by atoms with Gasteiger partial charge in [-0.2, -0.15) is 0 Å². The lowest BCUT2D eigenvalue weighted by Gasteiger charge is -2.39. The standard InChI is InChI=1S/C14H24N2O2S/c1-11-10-19-13(16-11)14(15-8-9-17-2)6-4-12(18-3)5-7-14/h10,12,15H,4-9H2,1-3H3. The summed E-state index contributed by atoms with van der Waals surface area (Å²) in [6.07, 6.45) is 4.76. The van der Waals surface area contributed by atoms with Gasteiger partial charge < -0.3 is 14.8 Å². The number of nitrogens with zero attached hydrogens (tertiary/aromatic N) is 1. The number of rotatable bonds is 6. The monoisotopic (exact) mass is 284 g/mol. The van der Waals surface area contributed by atoms with E-state index in [9.17, 15) is 0 Å². The molecule has 0 bridgehead atoms. The summed E-state index contributed by atoms with van der Waals surface area (Å²) in [7, 11) is 3.55. The van der Waals surface area contributed by atoms with Crippen molar-refractivity contribution in [3.8, 4) is 0 Å². The van der Waals surface area contributed by atoms with Crippen LogP contribution in [0.4, 0.5) is 0 Å². The Morgan fingerprint density at radius 3 is 2.68 bits per heavy atom. The molecule has 108 valence electrons. The highest BCUT2D eigenvalue weighted by molar-refractivity contribution is 7.09. The molecule has 0 saturated heterocycles. The zero-order valence-electron chi connectivity index (χ0n) is 12.1. The third-order valence-corrected chi connectivity index (χ3v) is 5.08. The van der Waals surface area contributed by atoms with Crippen LogP contribution in [0.25, 0.3) is 0 Å². The first-order valence-corrected chi connectivity index (χ1v) is 7.77. The average molecular weight is 284 g/mol. The van der Waals surface area contributed by atoms with Crippen molar-refractivity contribution >= 4 is 11.3 Å². The van der Waals surface area contributed by atoms with Crippen LogP contribution in [0.15, 0.2) is 5.38 Å². The lowest BCUT2D eigenvalue weighted by Crippen LogP contribution is -2.47. The van der Waals surface area contributed by atoms with Gasteiger partial charge in [-0.15, -0.1) is 11.3 Å². The van der Waals surface area contributed by atoms with Crippen molar-refractivity contribution in [2.24, 2.45) is 0 Å². The fourth-order valence-corrected chi connectivity index (χ4v) is 3.79. The minimum atomic E-state index is 0.0203. The smallest absolute Gasteiger partial charge is 0.113 e. The molecule has 2 rings (SSSR count). The van der Waals surface area contributed by atoms with Gasteiger partial charge in [-0.3, -0.25) is 0 Å². The highest BCUT2D eigenvalue weighted by Gasteiger charge is 2.38. The van der Waals surface area contributed by atoms with E-state index in [2.05, 4.69) is 17.6 Å². The van der Waals surface area contributed by atoms with Crippen LogP contribution in [0.2, 0.25) is 0 Å². The minimum absolute atomic E-state index is 0.0203. The lowest BCUT2D eigenvalue weighted by molar-refractivity contribution is 0.0383. The summed E-state index contributed by atoms with van der Waals surface area (Å²) in [6.45, 7) is 3.66. The van der Waals surface area contributed by atoms with Crippen LogP contribution >= 0.6 is 11.3 Å². The molecule has 1 N–H and O–H groups in total. The number of methoxy groups -OCH3 is 2. The van der Waals surface area contributed by atoms with Crippen LogP contribution in [0.3, 0.4) is 0 Å². The van der Waals surface area contributed by atoms with Gasteiger partial charge in [0, 0.05) is 31.8 Å². The zero-order valence-corrected chi connectivity index (χ0v) is 12.9. The summed E-state index contributed by atoms with van der Waals surface area (Å²) in [6, 6.07) is 0. The van der Waals surface area contributed by atoms with Gasteiger partial charge in [-0.05, 0) is 32.6 Å². The molecule has 1 saturated carbocycles. The molecule has 1 aliphatic rings. The molecule has 1 aromatic rings. The number of ether oxygens (including phenoxy) is 2. The first-order chi connectivity index (χ1) is 9.20. The average Bonchev–Trinajstić information content (AvgIpc) is 2.87. The Hall–Kier alpha value is -0.490. The summed E-state index contributed by atoms with van der Waals surface area (Å²) in [5.74, 6) is 0. The van der Waals surface area contributed by atoms with Crippen LogP contribution in [0.5, 0.6) is 0 Å². The van der Waals surface area contributed by atoms with Crippen molar-refractivity contribution in [3.63, 3.8) is 0 Å². The predicted octanol–water partition coefficient (Wildman–Crippen LogP) is 2.47. The maximum absolute atomic E-state index is 5.48. The molecule has 0 radical (unpaired) electrons. The Labute approximate surface area is 119 Å². The van der Waals surface area contributed by atoms with Crippen molar-refractivity contribution in [3.05, 3.63) is 16.1 Å². The molecular formula is C14H24N2O2S. The van der Waals surface area contributed by atoms with E-state index >= 15 is 0 Å². The second-order valence-electron chi connectivity index (χ2n) is 5.23. The van der Waals surface area contributed by atoms with Crippen molar-refractivity contribution in [2.75, 3.05) is 27.4 Å². The highest BCUT2D eigenvalue weighted by atomic mass is 32.1. The van der Waals surface area contributed by atoms with E-state index in [-0.39, 0.29) is 5.54 Å². The second kappa shape index (κ2) is 6.79. The largest absolute Gasteiger partial charge is 0.383 e. The topological polar surface area (TPSA) is 43.4 Å². The quantitative estimate of drug-likeness (QED) is 0.815. The van der Waals surface area contributed by atoms with Crippen molar-refractivity contribution < 1.29 is 9.47 Å². The number of nitrogens with one attached hydrogen (secondary N) is 1. The predicted molar refractivity (Wildman–Crippen MR) is 77.7 cm³/mol. The molecule has 0 aromatic carbocycles. The molecule has 0 aliphatic heterocycles. The van der Waals surface area contributed by atoms with Gasteiger partial charge in [0.05, 0.1) is 18.2 Å². The van der Waals surface area contributed by atoms with Gasteiger partial charge in [-0.1, -0.05) is 0 Å². The molecule has 4 nitrogen and oxygen atoms in total. The van der Waals surface area contributed by atoms with Gasteiger partial charge in [0.1, 0.15) is 5.01 Å². The van der Waals surface area contributed by atoms with E-state index in [0.29, 0.717) is 6.10 Å². The van der Waals surface area contributed by atoms with Gasteiger partial charge in [-0.25, -0.2) is 4.98 Å². The number of hydrogen-bond donors (Lipinski definition) is 1. The van der Waals surface area contributed by atoms with E-state index in [1.54, 1.807) is 18.4 Å². The maximum Gasteiger partial charge on any atom is 0.113 e. The number of aryl methyl sites for hydroxylation is 1. The molecule has 1 aliphatic carbocycles. The first kappa shape index (κ1) is 14.9. The molecule has 1 fully saturated rings. The molecular weight excluding hydrogens is 260 g/mol. The fraction of sp³-hybridized carbons (Fsp3) is 0.786. The molecule has 1 heterocycles. The van der Waals surface area contributed by atoms with E-state index < -0.39 is 0 Å². The summed E-state index contributed by atoms with van der Waals surface area (Å²) < 4.78 is 10.6. The summed E-state index contributed by atoms with van der Waals surface area (Å²) >= 11 is 1.77. The van der Waals surface area contributed by atoms with Gasteiger partial charge in [0.2, 0.25) is 0 Å². The van der Waals surface area contributed by atoms with Gasteiger partial charge in [0.15, 0.2) is 0 Å². The zero-order chi connectivity index (χ0) is 13.7. The second-order valence-corrected chi connectivity index (χ2v) is 6.09. The number of aromatic nitrogens is 1. The lowest BCUT2D eigenvalue weighted by atomic mass is 9.80. The minimum Gasteiger partial charge on any atom is -0.383 e. The van der Waals surface area contributed by atoms with E-state index in [4.69, 9.17) is 14.5 Å². The van der Waals surface area contributed by atoms with E-state index in [1.807, 2.05) is 7.11 Å². The molecule has 1 aromatic heterocycles. The third kappa shape index (κ3) is 3.54. The molecule has 19 heavy (non-hydrogen) atoms. The Morgan fingerprint density at radius 2 is 2.16 bits per heavy atom. The van der Waals surface area contributed by atoms with Crippen LogP contribution < -0.4 is 5.32 Å². The van der Waals surface area contributed by atoms with Crippen molar-refractivity contribution in [1.29, 1.82) is 0 Å². The molecule has 0 amide bonds. The Kier molecular flexibility index (Phi) is 5.33. The summed E-state index contributed by atoms with van der Waals surface area (Å²) in [5.41, 5.74) is 1.13. The highest BCUT2D eigenvalue weighted by Crippen LogP contribution is 2.39. The molecule has 0 atom stereocenters. The SMILES string of the molecule is COCCNC1(c2nc(C)cs2)CCC(OC)CC1. The van der Waals surface area contributed by atoms with Crippen molar-refractivity contribution in [2.45, 2.75) is 44.2 Å². The van der Waals surface area contributed by atoms with E-state index in [1.165, 1.54) is 5.01 Å². The van der Waals surface area contributed by atoms with Crippen LogP contribution in [-0.4, -0.2) is 38.5 Å². The summed E-state index contributed by atoms with van der Waals surface area (Å²) in [5, 5.41) is 7.03.